The molecular weight excluding hydrogens is 620 g/mol. The second-order valence-corrected chi connectivity index (χ2v) is 15.0. The number of carbonyl (C=O) groups is 3. The van der Waals surface area contributed by atoms with Gasteiger partial charge in [-0.05, 0) is 33.3 Å². The van der Waals surface area contributed by atoms with Crippen molar-refractivity contribution < 1.29 is 67.6 Å². The molecule has 0 aromatic rings. The van der Waals surface area contributed by atoms with E-state index in [-0.39, 0.29) is 19.6 Å². The highest BCUT2D eigenvalue weighted by atomic mass is 16.7. The normalized spacial score (nSPS) is 56.1. The average Bonchev–Trinajstić information content (AvgIpc) is 3.49. The number of allylic oxidation sites excluding steroid dienone is 1. The molecule has 0 unspecified atom stereocenters. The number of aliphatic hydroxyl groups excluding tert-OH is 2. The largest absolute Gasteiger partial charge is 0.469 e. The van der Waals surface area contributed by atoms with E-state index < -0.39 is 112 Å². The van der Waals surface area contributed by atoms with Crippen molar-refractivity contribution in [2.45, 2.75) is 100 Å². The van der Waals surface area contributed by atoms with Gasteiger partial charge in [0, 0.05) is 40.6 Å². The van der Waals surface area contributed by atoms with E-state index in [1.54, 1.807) is 32.9 Å². The monoisotopic (exact) mass is 662 g/mol. The molecule has 3 saturated carbocycles. The molecule has 16 atom stereocenters. The summed E-state index contributed by atoms with van der Waals surface area (Å²) in [7, 11) is 2.45. The van der Waals surface area contributed by atoms with Gasteiger partial charge in [0.15, 0.2) is 11.7 Å². The third kappa shape index (κ3) is 3.20. The summed E-state index contributed by atoms with van der Waals surface area (Å²) in [6.07, 6.45) is -3.30. The average molecular weight is 663 g/mol. The first-order chi connectivity index (χ1) is 22.2. The van der Waals surface area contributed by atoms with E-state index in [9.17, 15) is 29.7 Å². The van der Waals surface area contributed by atoms with Crippen LogP contribution in [0.25, 0.3) is 0 Å². The number of methoxy groups -OCH3 is 2. The summed E-state index contributed by atoms with van der Waals surface area (Å²) >= 11 is 0. The minimum Gasteiger partial charge on any atom is -0.469 e. The van der Waals surface area contributed by atoms with Gasteiger partial charge < -0.3 is 53.2 Å². The van der Waals surface area contributed by atoms with Gasteiger partial charge in [-0.25, -0.2) is 9.59 Å². The standard InChI is InChI=1S/C33H42O14/c1-7-14(2)24(36)45-17-11-16(34)30-12-44-20(25(37)40-5)21(30)28(3,23(35)19-22(30)31(17,13-43-19)26(38)41-6)33-18-10-15(29(33,4)47-33)32(39)8-9-42-27(32)46-18/h7-9,15-23,27,34-35,39H,10-13H2,1-6H3/t15-,16+,17-,18+,19-,20+,21+,22-,23-,27+,28+,29+,30-,31+,32+,33+/m1/s1. The van der Waals surface area contributed by atoms with Gasteiger partial charge in [-0.3, -0.25) is 4.79 Å². The quantitative estimate of drug-likeness (QED) is 0.153. The summed E-state index contributed by atoms with van der Waals surface area (Å²) in [5.41, 5.74) is -8.08. The Morgan fingerprint density at radius 3 is 2.45 bits per heavy atom. The van der Waals surface area contributed by atoms with Gasteiger partial charge in [0.05, 0.1) is 58.1 Å². The van der Waals surface area contributed by atoms with Crippen molar-refractivity contribution in [3.63, 3.8) is 0 Å². The van der Waals surface area contributed by atoms with Crippen LogP contribution in [-0.2, 0) is 52.3 Å². The molecule has 47 heavy (non-hydrogen) atoms. The van der Waals surface area contributed by atoms with Crippen molar-refractivity contribution in [2.75, 3.05) is 27.4 Å². The number of carbonyl (C=O) groups excluding carboxylic acids is 3. The summed E-state index contributed by atoms with van der Waals surface area (Å²) in [5, 5.41) is 36.9. The van der Waals surface area contributed by atoms with Gasteiger partial charge in [0.2, 0.25) is 6.29 Å². The minimum absolute atomic E-state index is 0.196. The van der Waals surface area contributed by atoms with E-state index >= 15 is 0 Å². The van der Waals surface area contributed by atoms with Crippen LogP contribution in [0.15, 0.2) is 24.0 Å². The van der Waals surface area contributed by atoms with Gasteiger partial charge in [0.1, 0.15) is 22.7 Å². The Hall–Kier alpha value is -2.59. The maximum atomic E-state index is 14.0. The van der Waals surface area contributed by atoms with E-state index in [0.717, 1.165) is 0 Å². The fraction of sp³-hybridized carbons (Fsp3) is 0.788. The molecule has 3 N–H and O–H groups in total. The maximum absolute atomic E-state index is 14.0. The molecule has 14 heteroatoms. The molecule has 0 amide bonds. The summed E-state index contributed by atoms with van der Waals surface area (Å²) in [4.78, 5) is 40.8. The zero-order valence-electron chi connectivity index (χ0n) is 27.2. The molecule has 2 bridgehead atoms. The third-order valence-corrected chi connectivity index (χ3v) is 13.8. The number of hydrogen-bond acceptors (Lipinski definition) is 14. The lowest BCUT2D eigenvalue weighted by atomic mass is 9.38. The van der Waals surface area contributed by atoms with Crippen molar-refractivity contribution in [1.82, 2.24) is 0 Å². The highest BCUT2D eigenvalue weighted by Crippen LogP contribution is 2.82. The van der Waals surface area contributed by atoms with Crippen molar-refractivity contribution in [1.29, 1.82) is 0 Å². The Kier molecular flexibility index (Phi) is 6.44. The van der Waals surface area contributed by atoms with Gasteiger partial charge in [0.25, 0.3) is 0 Å². The number of esters is 3. The Labute approximate surface area is 271 Å². The van der Waals surface area contributed by atoms with Crippen LogP contribution >= 0.6 is 0 Å². The summed E-state index contributed by atoms with van der Waals surface area (Å²) < 4.78 is 48.0. The summed E-state index contributed by atoms with van der Waals surface area (Å²) in [5.74, 6) is -4.66. The highest BCUT2D eigenvalue weighted by Gasteiger charge is 2.95. The molecule has 8 rings (SSSR count). The molecule has 1 spiro atoms. The molecule has 0 aromatic carbocycles. The second kappa shape index (κ2) is 9.55. The van der Waals surface area contributed by atoms with Crippen LogP contribution in [0.1, 0.15) is 40.5 Å². The van der Waals surface area contributed by atoms with Crippen molar-refractivity contribution >= 4 is 17.9 Å². The van der Waals surface area contributed by atoms with Gasteiger partial charge in [-0.1, -0.05) is 13.0 Å². The molecule has 3 aliphatic carbocycles. The second-order valence-electron chi connectivity index (χ2n) is 15.0. The van der Waals surface area contributed by atoms with Crippen molar-refractivity contribution in [3.8, 4) is 0 Å². The Balaban J connectivity index is 1.32. The van der Waals surface area contributed by atoms with E-state index in [2.05, 4.69) is 0 Å². The summed E-state index contributed by atoms with van der Waals surface area (Å²) in [6.45, 7) is 6.42. The molecule has 0 aromatic heterocycles. The van der Waals surface area contributed by atoms with Crippen LogP contribution in [0.4, 0.5) is 0 Å². The van der Waals surface area contributed by atoms with Crippen LogP contribution in [0.5, 0.6) is 0 Å². The molecular formula is C33H42O14. The van der Waals surface area contributed by atoms with E-state index in [4.69, 9.17) is 37.9 Å². The lowest BCUT2D eigenvalue weighted by Gasteiger charge is -2.65. The number of epoxide rings is 1. The lowest BCUT2D eigenvalue weighted by molar-refractivity contribution is -0.295. The lowest BCUT2D eigenvalue weighted by Crippen LogP contribution is -2.77. The van der Waals surface area contributed by atoms with Crippen LogP contribution < -0.4 is 0 Å². The number of aliphatic hydroxyl groups is 3. The fourth-order valence-electron chi connectivity index (χ4n) is 11.7. The SMILES string of the molecule is CC=C(C)C(=O)O[C@@H]1C[C@H](O)[C@]23CO[C@H](C(=O)OC)[C@H]2[C@](C)([C@]24O[C@@]2(C)[C@H]2C[C@@H]4O[C@@H]4OC=C[C@@]42O)[C@H](O)[C@@H]2OC[C@@]1(C(=O)OC)[C@H]23. The molecule has 0 radical (unpaired) electrons. The molecule has 8 aliphatic rings. The fourth-order valence-corrected chi connectivity index (χ4v) is 11.7. The molecule has 5 heterocycles. The Morgan fingerprint density at radius 1 is 1.02 bits per heavy atom. The highest BCUT2D eigenvalue weighted by molar-refractivity contribution is 5.88. The number of hydrogen-bond donors (Lipinski definition) is 3. The first-order valence-electron chi connectivity index (χ1n) is 16.2. The van der Waals surface area contributed by atoms with Crippen LogP contribution in [0.3, 0.4) is 0 Å². The minimum atomic E-state index is -1.66. The van der Waals surface area contributed by atoms with E-state index in [1.165, 1.54) is 20.5 Å². The van der Waals surface area contributed by atoms with Gasteiger partial charge in [-0.15, -0.1) is 0 Å². The van der Waals surface area contributed by atoms with Crippen molar-refractivity contribution in [2.24, 2.45) is 34.0 Å². The van der Waals surface area contributed by atoms with Crippen molar-refractivity contribution in [3.05, 3.63) is 24.0 Å². The number of ether oxygens (including phenoxy) is 8. The van der Waals surface area contributed by atoms with Gasteiger partial charge in [-0.2, -0.15) is 0 Å². The Bertz CT molecular complexity index is 1490. The van der Waals surface area contributed by atoms with E-state index in [1.807, 2.05) is 6.92 Å². The predicted molar refractivity (Wildman–Crippen MR) is 154 cm³/mol. The first-order valence-corrected chi connectivity index (χ1v) is 16.2. The first kappa shape index (κ1) is 31.7. The molecule has 4 saturated heterocycles. The topological polar surface area (TPSA) is 189 Å². The van der Waals surface area contributed by atoms with Crippen LogP contribution in [0.2, 0.25) is 0 Å². The zero-order valence-corrected chi connectivity index (χ0v) is 27.2. The smallest absolute Gasteiger partial charge is 0.335 e. The van der Waals surface area contributed by atoms with Gasteiger partial charge >= 0.3 is 17.9 Å². The molecule has 258 valence electrons. The molecule has 14 nitrogen and oxygen atoms in total. The summed E-state index contributed by atoms with van der Waals surface area (Å²) in [6, 6.07) is 0. The number of rotatable bonds is 5. The molecule has 7 fully saturated rings. The maximum Gasteiger partial charge on any atom is 0.335 e. The van der Waals surface area contributed by atoms with Crippen LogP contribution in [-0.4, -0.2) is 120 Å². The third-order valence-electron chi connectivity index (χ3n) is 13.8. The zero-order chi connectivity index (χ0) is 33.7. The van der Waals surface area contributed by atoms with Crippen LogP contribution in [0, 0.1) is 34.0 Å². The predicted octanol–water partition coefficient (Wildman–Crippen LogP) is -0.0939. The number of fused-ring (bicyclic) bond motifs is 7. The molecule has 5 aliphatic heterocycles. The van der Waals surface area contributed by atoms with E-state index in [0.29, 0.717) is 12.0 Å². The Morgan fingerprint density at radius 2 is 1.77 bits per heavy atom.